The summed E-state index contributed by atoms with van der Waals surface area (Å²) in [4.78, 5) is 0. The van der Waals surface area contributed by atoms with E-state index in [1.54, 1.807) is 12.1 Å². The molecule has 21 heavy (non-hydrogen) atoms. The van der Waals surface area contributed by atoms with Gasteiger partial charge in [0.2, 0.25) is 0 Å². The lowest BCUT2D eigenvalue weighted by Crippen LogP contribution is -2.29. The number of halogens is 3. The molecule has 0 saturated carbocycles. The summed E-state index contributed by atoms with van der Waals surface area (Å²) >= 11 is 9.16. The first-order valence-electron chi connectivity index (χ1n) is 6.47. The molecule has 0 aliphatic carbocycles. The molecule has 6 heteroatoms. The van der Waals surface area contributed by atoms with Gasteiger partial charge < -0.3 is 4.74 Å². The van der Waals surface area contributed by atoms with E-state index in [4.69, 9.17) is 22.2 Å². The van der Waals surface area contributed by atoms with Crippen molar-refractivity contribution >= 4 is 27.5 Å². The van der Waals surface area contributed by atoms with Crippen LogP contribution >= 0.6 is 27.5 Å². The zero-order chi connectivity index (χ0) is 15.0. The number of fused-ring (bicyclic) bond motifs is 1. The van der Waals surface area contributed by atoms with Crippen LogP contribution in [0.5, 0.6) is 5.75 Å². The second-order valence-corrected chi connectivity index (χ2v) is 6.06. The summed E-state index contributed by atoms with van der Waals surface area (Å²) in [7, 11) is 0. The topological polar surface area (TPSA) is 47.3 Å². The molecule has 1 atom stereocenters. The van der Waals surface area contributed by atoms with Gasteiger partial charge >= 0.3 is 0 Å². The number of benzene rings is 2. The highest BCUT2D eigenvalue weighted by molar-refractivity contribution is 9.10. The van der Waals surface area contributed by atoms with Crippen LogP contribution in [0, 0.1) is 5.82 Å². The van der Waals surface area contributed by atoms with Gasteiger partial charge in [0.15, 0.2) is 0 Å². The minimum absolute atomic E-state index is 0.0530. The zero-order valence-corrected chi connectivity index (χ0v) is 13.3. The number of ether oxygens (including phenoxy) is 1. The van der Waals surface area contributed by atoms with E-state index in [9.17, 15) is 4.39 Å². The van der Waals surface area contributed by atoms with Crippen LogP contribution in [0.25, 0.3) is 0 Å². The number of hydrazine groups is 1. The number of nitrogens with two attached hydrogens (primary N) is 1. The summed E-state index contributed by atoms with van der Waals surface area (Å²) in [6.07, 6.45) is 0.851. The van der Waals surface area contributed by atoms with Gasteiger partial charge in [0.05, 0.1) is 17.7 Å². The van der Waals surface area contributed by atoms with Gasteiger partial charge in [-0.3, -0.25) is 5.84 Å². The molecule has 1 aliphatic heterocycles. The van der Waals surface area contributed by atoms with E-state index in [1.807, 2.05) is 18.2 Å². The van der Waals surface area contributed by atoms with Crippen molar-refractivity contribution in [3.05, 3.63) is 62.3 Å². The van der Waals surface area contributed by atoms with Crippen molar-refractivity contribution in [1.82, 2.24) is 5.43 Å². The van der Waals surface area contributed by atoms with Gasteiger partial charge in [0.1, 0.15) is 11.6 Å². The van der Waals surface area contributed by atoms with E-state index in [-0.39, 0.29) is 5.02 Å². The Morgan fingerprint density at radius 2 is 2.14 bits per heavy atom. The third kappa shape index (κ3) is 2.66. The molecule has 1 aliphatic rings. The summed E-state index contributed by atoms with van der Waals surface area (Å²) < 4.78 is 20.4. The summed E-state index contributed by atoms with van der Waals surface area (Å²) in [5, 5.41) is 0.0530. The molecule has 0 aromatic heterocycles. The third-order valence-corrected chi connectivity index (χ3v) is 4.85. The van der Waals surface area contributed by atoms with Gasteiger partial charge in [0, 0.05) is 16.5 Å². The summed E-state index contributed by atoms with van der Waals surface area (Å²) in [6.45, 7) is 0.679. The minimum Gasteiger partial charge on any atom is -0.493 e. The van der Waals surface area contributed by atoms with Gasteiger partial charge in [-0.2, -0.15) is 0 Å². The van der Waals surface area contributed by atoms with Crippen LogP contribution in [0.15, 0.2) is 34.8 Å². The first-order chi connectivity index (χ1) is 10.1. The van der Waals surface area contributed by atoms with Crippen LogP contribution in [0.2, 0.25) is 5.02 Å². The molecule has 2 aromatic rings. The Balaban J connectivity index is 2.05. The number of hydrogen-bond donors (Lipinski definition) is 2. The fraction of sp³-hybridized carbons (Fsp3) is 0.200. The zero-order valence-electron chi connectivity index (χ0n) is 11.0. The predicted molar refractivity (Wildman–Crippen MR) is 83.9 cm³/mol. The number of nitrogens with one attached hydrogen (secondary N) is 1. The largest absolute Gasteiger partial charge is 0.493 e. The lowest BCUT2D eigenvalue weighted by atomic mass is 9.96. The third-order valence-electron chi connectivity index (χ3n) is 3.59. The van der Waals surface area contributed by atoms with Gasteiger partial charge in [-0.1, -0.05) is 29.8 Å². The average Bonchev–Trinajstić information content (AvgIpc) is 2.95. The van der Waals surface area contributed by atoms with Gasteiger partial charge in [-0.15, -0.1) is 0 Å². The SMILES string of the molecule is NNC(c1ccc2c(c1)CCO2)c1ccc(Br)c(Cl)c1F. The molecule has 0 amide bonds. The predicted octanol–water partition coefficient (Wildman–Crippen LogP) is 3.73. The molecule has 1 unspecified atom stereocenters. The van der Waals surface area contributed by atoms with Crippen LogP contribution in [0.3, 0.4) is 0 Å². The Kier molecular flexibility index (Phi) is 4.17. The minimum atomic E-state index is -0.481. The molecule has 0 spiro atoms. The normalized spacial score (nSPS) is 14.7. The van der Waals surface area contributed by atoms with E-state index in [0.29, 0.717) is 16.6 Å². The van der Waals surface area contributed by atoms with E-state index in [1.165, 1.54) is 0 Å². The quantitative estimate of drug-likeness (QED) is 0.491. The average molecular weight is 372 g/mol. The van der Waals surface area contributed by atoms with Crippen LogP contribution in [-0.4, -0.2) is 6.61 Å². The highest BCUT2D eigenvalue weighted by Gasteiger charge is 2.22. The molecule has 3 N–H and O–H groups in total. The Bertz CT molecular complexity index is 696. The fourth-order valence-electron chi connectivity index (χ4n) is 2.52. The Labute approximate surface area is 135 Å². The smallest absolute Gasteiger partial charge is 0.148 e. The molecule has 110 valence electrons. The maximum Gasteiger partial charge on any atom is 0.148 e. The maximum absolute atomic E-state index is 14.4. The molecule has 0 bridgehead atoms. The first-order valence-corrected chi connectivity index (χ1v) is 7.64. The molecule has 0 fully saturated rings. The van der Waals surface area contributed by atoms with Gasteiger partial charge in [0.25, 0.3) is 0 Å². The van der Waals surface area contributed by atoms with E-state index in [2.05, 4.69) is 21.4 Å². The molecular weight excluding hydrogens is 359 g/mol. The van der Waals surface area contributed by atoms with Crippen LogP contribution in [0.1, 0.15) is 22.7 Å². The molecule has 0 radical (unpaired) electrons. The van der Waals surface area contributed by atoms with Crippen molar-refractivity contribution in [2.24, 2.45) is 5.84 Å². The van der Waals surface area contributed by atoms with Crippen molar-refractivity contribution in [3.63, 3.8) is 0 Å². The highest BCUT2D eigenvalue weighted by atomic mass is 79.9. The van der Waals surface area contributed by atoms with Gasteiger partial charge in [-0.05, 0) is 39.2 Å². The van der Waals surface area contributed by atoms with E-state index >= 15 is 0 Å². The number of hydrogen-bond acceptors (Lipinski definition) is 3. The highest BCUT2D eigenvalue weighted by Crippen LogP contribution is 2.34. The molecular formula is C15H13BrClFN2O. The van der Waals surface area contributed by atoms with Crippen LogP contribution < -0.4 is 16.0 Å². The maximum atomic E-state index is 14.4. The summed E-state index contributed by atoms with van der Waals surface area (Å²) in [6, 6.07) is 8.66. The molecule has 0 saturated heterocycles. The van der Waals surface area contributed by atoms with Crippen LogP contribution in [0.4, 0.5) is 4.39 Å². The Hall–Kier alpha value is -1.14. The fourth-order valence-corrected chi connectivity index (χ4v) is 2.99. The van der Waals surface area contributed by atoms with Crippen molar-refractivity contribution in [3.8, 4) is 5.75 Å². The molecule has 2 aromatic carbocycles. The molecule has 1 heterocycles. The van der Waals surface area contributed by atoms with Crippen molar-refractivity contribution in [1.29, 1.82) is 0 Å². The monoisotopic (exact) mass is 370 g/mol. The van der Waals surface area contributed by atoms with Crippen LogP contribution in [-0.2, 0) is 6.42 Å². The van der Waals surface area contributed by atoms with Crippen molar-refractivity contribution in [2.45, 2.75) is 12.5 Å². The van der Waals surface area contributed by atoms with Gasteiger partial charge in [-0.25, -0.2) is 9.82 Å². The van der Waals surface area contributed by atoms with Crippen molar-refractivity contribution < 1.29 is 9.13 Å². The summed E-state index contributed by atoms with van der Waals surface area (Å²) in [5.74, 6) is 6.03. The Morgan fingerprint density at radius 3 is 2.90 bits per heavy atom. The summed E-state index contributed by atoms with van der Waals surface area (Å²) in [5.41, 5.74) is 5.05. The lowest BCUT2D eigenvalue weighted by Gasteiger charge is -2.19. The number of rotatable bonds is 3. The standard InChI is InChI=1S/C15H13BrClFN2O/c16-11-3-2-10(14(18)13(11)17)15(20-19)9-1-4-12-8(7-9)5-6-21-12/h1-4,7,15,20H,5-6,19H2. The van der Waals surface area contributed by atoms with E-state index in [0.717, 1.165) is 23.3 Å². The van der Waals surface area contributed by atoms with E-state index < -0.39 is 11.9 Å². The lowest BCUT2D eigenvalue weighted by molar-refractivity contribution is 0.357. The second-order valence-electron chi connectivity index (χ2n) is 4.83. The molecule has 3 nitrogen and oxygen atoms in total. The Morgan fingerprint density at radius 1 is 1.33 bits per heavy atom. The second kappa shape index (κ2) is 5.93. The first kappa shape index (κ1) is 14.8. The van der Waals surface area contributed by atoms with Crippen molar-refractivity contribution in [2.75, 3.05) is 6.61 Å². The molecule has 3 rings (SSSR count).